The van der Waals surface area contributed by atoms with E-state index in [9.17, 15) is 4.39 Å². The smallest absolute Gasteiger partial charge is 0.137 e. The van der Waals surface area contributed by atoms with Gasteiger partial charge in [0.25, 0.3) is 0 Å². The Morgan fingerprint density at radius 3 is 2.57 bits per heavy atom. The van der Waals surface area contributed by atoms with Crippen LogP contribution in [0.15, 0.2) is 46.2 Å². The Labute approximate surface area is 138 Å². The molecule has 0 aliphatic heterocycles. The van der Waals surface area contributed by atoms with Crippen molar-refractivity contribution < 1.29 is 4.39 Å². The first-order valence-electron chi connectivity index (χ1n) is 6.67. The topological polar surface area (TPSA) is 12.0 Å². The monoisotopic (exact) mass is 343 g/mol. The van der Waals surface area contributed by atoms with Gasteiger partial charge in [-0.25, -0.2) is 4.39 Å². The summed E-state index contributed by atoms with van der Waals surface area (Å²) in [5.41, 5.74) is 0.927. The van der Waals surface area contributed by atoms with Crippen LogP contribution in [0.4, 0.5) is 4.39 Å². The molecule has 5 heteroatoms. The summed E-state index contributed by atoms with van der Waals surface area (Å²) in [6.45, 7) is 4.88. The Bertz CT molecular complexity index is 634. The number of nitrogens with one attached hydrogen (secondary N) is 1. The molecule has 0 spiro atoms. The summed E-state index contributed by atoms with van der Waals surface area (Å²) in [4.78, 5) is 1.28. The van der Waals surface area contributed by atoms with Crippen molar-refractivity contribution in [1.29, 1.82) is 0 Å². The van der Waals surface area contributed by atoms with E-state index >= 15 is 0 Å². The minimum atomic E-state index is -0.252. The molecular weight excluding hydrogens is 328 g/mol. The van der Waals surface area contributed by atoms with Crippen LogP contribution >= 0.6 is 35.0 Å². The highest BCUT2D eigenvalue weighted by molar-refractivity contribution is 7.99. The van der Waals surface area contributed by atoms with Crippen LogP contribution in [-0.4, -0.2) is 6.54 Å². The van der Waals surface area contributed by atoms with Gasteiger partial charge in [-0.05, 0) is 49.4 Å². The lowest BCUT2D eigenvalue weighted by atomic mass is 10.1. The molecule has 0 aliphatic carbocycles. The van der Waals surface area contributed by atoms with E-state index in [1.165, 1.54) is 11.8 Å². The van der Waals surface area contributed by atoms with Gasteiger partial charge in [-0.3, -0.25) is 0 Å². The largest absolute Gasteiger partial charge is 0.310 e. The Balaban J connectivity index is 2.23. The van der Waals surface area contributed by atoms with E-state index in [4.69, 9.17) is 23.2 Å². The second-order valence-corrected chi connectivity index (χ2v) is 6.57. The molecule has 0 fully saturated rings. The maximum atomic E-state index is 14.2. The van der Waals surface area contributed by atoms with Crippen LogP contribution in [0.1, 0.15) is 25.5 Å². The predicted molar refractivity (Wildman–Crippen MR) is 89.1 cm³/mol. The molecule has 2 aromatic rings. The average Bonchev–Trinajstić information content (AvgIpc) is 2.45. The van der Waals surface area contributed by atoms with Gasteiger partial charge in [-0.1, -0.05) is 48.0 Å². The molecule has 0 aliphatic rings. The number of benzene rings is 2. The fraction of sp³-hybridized carbons (Fsp3) is 0.250. The zero-order chi connectivity index (χ0) is 15.4. The van der Waals surface area contributed by atoms with Crippen molar-refractivity contribution in [2.24, 2.45) is 0 Å². The van der Waals surface area contributed by atoms with Crippen LogP contribution in [0, 0.1) is 5.82 Å². The molecule has 0 heterocycles. The highest BCUT2D eigenvalue weighted by atomic mass is 35.5. The van der Waals surface area contributed by atoms with Crippen molar-refractivity contribution >= 4 is 35.0 Å². The molecule has 1 N–H and O–H groups in total. The molecule has 2 aromatic carbocycles. The molecule has 0 bridgehead atoms. The summed E-state index contributed by atoms with van der Waals surface area (Å²) in [7, 11) is 0. The van der Waals surface area contributed by atoms with Gasteiger partial charge in [0.2, 0.25) is 0 Å². The molecule has 2 rings (SSSR count). The third-order valence-electron chi connectivity index (χ3n) is 3.08. The van der Waals surface area contributed by atoms with Crippen LogP contribution < -0.4 is 5.32 Å². The van der Waals surface area contributed by atoms with Crippen molar-refractivity contribution in [2.45, 2.75) is 29.7 Å². The Hall–Kier alpha value is -0.740. The van der Waals surface area contributed by atoms with E-state index in [1.807, 2.05) is 19.9 Å². The van der Waals surface area contributed by atoms with Gasteiger partial charge < -0.3 is 5.32 Å². The van der Waals surface area contributed by atoms with Crippen LogP contribution in [0.3, 0.4) is 0 Å². The van der Waals surface area contributed by atoms with E-state index < -0.39 is 0 Å². The lowest BCUT2D eigenvalue weighted by Crippen LogP contribution is -2.17. The first kappa shape index (κ1) is 16.6. The highest BCUT2D eigenvalue weighted by Crippen LogP contribution is 2.36. The van der Waals surface area contributed by atoms with E-state index in [0.29, 0.717) is 14.9 Å². The molecule has 1 unspecified atom stereocenters. The molecule has 1 nitrogen and oxygen atoms in total. The van der Waals surface area contributed by atoms with Crippen molar-refractivity contribution in [1.82, 2.24) is 5.32 Å². The lowest BCUT2D eigenvalue weighted by molar-refractivity contribution is 0.572. The van der Waals surface area contributed by atoms with E-state index in [0.717, 1.165) is 17.0 Å². The predicted octanol–water partition coefficient (Wildman–Crippen LogP) is 5.95. The first-order chi connectivity index (χ1) is 10.0. The van der Waals surface area contributed by atoms with Crippen LogP contribution in [0.25, 0.3) is 0 Å². The molecule has 112 valence electrons. The highest BCUT2D eigenvalue weighted by Gasteiger charge is 2.11. The molecule has 0 saturated heterocycles. The van der Waals surface area contributed by atoms with Crippen LogP contribution in [0.5, 0.6) is 0 Å². The minimum absolute atomic E-state index is 0.123. The number of hydrogen-bond acceptors (Lipinski definition) is 2. The third-order valence-corrected chi connectivity index (χ3v) is 4.86. The van der Waals surface area contributed by atoms with Gasteiger partial charge in [0.05, 0.1) is 5.02 Å². The van der Waals surface area contributed by atoms with Gasteiger partial charge >= 0.3 is 0 Å². The number of rotatable bonds is 5. The summed E-state index contributed by atoms with van der Waals surface area (Å²) in [5.74, 6) is -0.252. The molecular formula is C16H16Cl2FNS. The van der Waals surface area contributed by atoms with Crippen LogP contribution in [-0.2, 0) is 0 Å². The lowest BCUT2D eigenvalue weighted by Gasteiger charge is -2.14. The van der Waals surface area contributed by atoms with Gasteiger partial charge in [0.1, 0.15) is 5.82 Å². The zero-order valence-electron chi connectivity index (χ0n) is 11.8. The maximum absolute atomic E-state index is 14.2. The number of hydrogen-bond donors (Lipinski definition) is 1. The molecule has 0 aromatic heterocycles. The second-order valence-electron chi connectivity index (χ2n) is 4.65. The average molecular weight is 344 g/mol. The van der Waals surface area contributed by atoms with Crippen molar-refractivity contribution in [3.8, 4) is 0 Å². The summed E-state index contributed by atoms with van der Waals surface area (Å²) >= 11 is 13.3. The molecule has 1 atom stereocenters. The Kier molecular flexibility index (Phi) is 5.94. The fourth-order valence-corrected chi connectivity index (χ4v) is 3.32. The maximum Gasteiger partial charge on any atom is 0.137 e. The van der Waals surface area contributed by atoms with Crippen LogP contribution in [0.2, 0.25) is 10.0 Å². The van der Waals surface area contributed by atoms with Gasteiger partial charge in [0.15, 0.2) is 0 Å². The SMILES string of the molecule is CCNC(C)c1ccc(Sc2cc(Cl)ccc2Cl)c(F)c1. The van der Waals surface area contributed by atoms with Gasteiger partial charge in [-0.15, -0.1) is 0 Å². The fourth-order valence-electron chi connectivity index (χ4n) is 1.97. The quantitative estimate of drug-likeness (QED) is 0.719. The van der Waals surface area contributed by atoms with Gasteiger partial charge in [0, 0.05) is 20.9 Å². The summed E-state index contributed by atoms with van der Waals surface area (Å²) in [5, 5.41) is 4.41. The Morgan fingerprint density at radius 2 is 1.90 bits per heavy atom. The molecule has 0 saturated carbocycles. The second kappa shape index (κ2) is 7.50. The van der Waals surface area contributed by atoms with E-state index in [2.05, 4.69) is 5.32 Å². The van der Waals surface area contributed by atoms with Gasteiger partial charge in [-0.2, -0.15) is 0 Å². The number of halogens is 3. The van der Waals surface area contributed by atoms with Crippen molar-refractivity contribution in [2.75, 3.05) is 6.54 Å². The molecule has 21 heavy (non-hydrogen) atoms. The first-order valence-corrected chi connectivity index (χ1v) is 8.24. The minimum Gasteiger partial charge on any atom is -0.310 e. The summed E-state index contributed by atoms with van der Waals surface area (Å²) in [6, 6.07) is 10.6. The third kappa shape index (κ3) is 4.36. The standard InChI is InChI=1S/C16H16Cl2FNS/c1-3-20-10(2)11-4-7-15(14(19)8-11)21-16-9-12(17)5-6-13(16)18/h4-10,20H,3H2,1-2H3. The van der Waals surface area contributed by atoms with Crippen molar-refractivity contribution in [3.05, 3.63) is 57.8 Å². The molecule has 0 radical (unpaired) electrons. The van der Waals surface area contributed by atoms with E-state index in [1.54, 1.807) is 30.3 Å². The Morgan fingerprint density at radius 1 is 1.14 bits per heavy atom. The van der Waals surface area contributed by atoms with E-state index in [-0.39, 0.29) is 11.9 Å². The summed E-state index contributed by atoms with van der Waals surface area (Å²) < 4.78 is 14.2. The summed E-state index contributed by atoms with van der Waals surface area (Å²) in [6.07, 6.45) is 0. The zero-order valence-corrected chi connectivity index (χ0v) is 14.1. The van der Waals surface area contributed by atoms with Crippen molar-refractivity contribution in [3.63, 3.8) is 0 Å². The normalized spacial score (nSPS) is 12.4. The molecule has 0 amide bonds.